The average molecular weight is 431 g/mol. The number of likely N-dealkylation sites (tertiary alicyclic amines) is 1. The quantitative estimate of drug-likeness (QED) is 0.722. The molecular formula is C21H26N4O4S. The summed E-state index contributed by atoms with van der Waals surface area (Å²) in [6.07, 6.45) is 3.31. The first-order valence-corrected chi connectivity index (χ1v) is 11.7. The molecule has 160 valence electrons. The van der Waals surface area contributed by atoms with Gasteiger partial charge in [-0.3, -0.25) is 4.79 Å². The molecule has 1 unspecified atom stereocenters. The van der Waals surface area contributed by atoms with Crippen LogP contribution in [-0.2, 0) is 10.0 Å². The molecule has 8 nitrogen and oxygen atoms in total. The SMILES string of the molecule is Cc1ccc(OC2CCCN(C(=O)c3ccc(S(=O)(=O)N4CCCC4)cc3)C2)nn1. The van der Waals surface area contributed by atoms with Crippen molar-refractivity contribution in [1.29, 1.82) is 0 Å². The molecule has 2 saturated heterocycles. The first kappa shape index (κ1) is 20.7. The lowest BCUT2D eigenvalue weighted by molar-refractivity contribution is 0.0525. The van der Waals surface area contributed by atoms with Gasteiger partial charge in [-0.15, -0.1) is 5.10 Å². The fraction of sp³-hybridized carbons (Fsp3) is 0.476. The van der Waals surface area contributed by atoms with Crippen molar-refractivity contribution >= 4 is 15.9 Å². The van der Waals surface area contributed by atoms with E-state index in [-0.39, 0.29) is 16.9 Å². The van der Waals surface area contributed by atoms with E-state index in [1.807, 2.05) is 13.0 Å². The summed E-state index contributed by atoms with van der Waals surface area (Å²) in [4.78, 5) is 14.9. The summed E-state index contributed by atoms with van der Waals surface area (Å²) in [5, 5.41) is 8.02. The Balaban J connectivity index is 1.41. The second-order valence-corrected chi connectivity index (χ2v) is 9.72. The molecule has 1 amide bonds. The molecule has 9 heteroatoms. The lowest BCUT2D eigenvalue weighted by Crippen LogP contribution is -2.44. The Bertz CT molecular complexity index is 987. The maximum absolute atomic E-state index is 12.9. The van der Waals surface area contributed by atoms with E-state index in [9.17, 15) is 13.2 Å². The van der Waals surface area contributed by atoms with Crippen LogP contribution in [0, 0.1) is 6.92 Å². The van der Waals surface area contributed by atoms with E-state index >= 15 is 0 Å². The zero-order valence-electron chi connectivity index (χ0n) is 17.0. The van der Waals surface area contributed by atoms with Crippen molar-refractivity contribution in [3.63, 3.8) is 0 Å². The number of aryl methyl sites for hydroxylation is 1. The topological polar surface area (TPSA) is 92.7 Å². The maximum Gasteiger partial charge on any atom is 0.253 e. The first-order valence-electron chi connectivity index (χ1n) is 10.3. The van der Waals surface area contributed by atoms with E-state index in [2.05, 4.69) is 10.2 Å². The monoisotopic (exact) mass is 430 g/mol. The average Bonchev–Trinajstić information content (AvgIpc) is 3.31. The standard InChI is InChI=1S/C21H26N4O4S/c1-16-6-11-20(23-22-16)29-18-5-4-12-24(15-18)21(26)17-7-9-19(10-8-17)30(27,28)25-13-2-3-14-25/h6-11,18H,2-5,12-15H2,1H3. The second-order valence-electron chi connectivity index (χ2n) is 7.78. The largest absolute Gasteiger partial charge is 0.471 e. The molecule has 2 fully saturated rings. The van der Waals surface area contributed by atoms with Gasteiger partial charge >= 0.3 is 0 Å². The van der Waals surface area contributed by atoms with Gasteiger partial charge in [0, 0.05) is 31.3 Å². The van der Waals surface area contributed by atoms with E-state index < -0.39 is 10.0 Å². The van der Waals surface area contributed by atoms with Crippen molar-refractivity contribution in [1.82, 2.24) is 19.4 Å². The van der Waals surface area contributed by atoms with Crippen LogP contribution < -0.4 is 4.74 Å². The maximum atomic E-state index is 12.9. The molecule has 0 aliphatic carbocycles. The lowest BCUT2D eigenvalue weighted by atomic mass is 10.1. The first-order chi connectivity index (χ1) is 14.4. The summed E-state index contributed by atoms with van der Waals surface area (Å²) in [6.45, 7) is 4.08. The minimum absolute atomic E-state index is 0.122. The van der Waals surface area contributed by atoms with Crippen LogP contribution >= 0.6 is 0 Å². The van der Waals surface area contributed by atoms with Gasteiger partial charge in [0.25, 0.3) is 5.91 Å². The van der Waals surface area contributed by atoms with Gasteiger partial charge in [-0.1, -0.05) is 0 Å². The summed E-state index contributed by atoms with van der Waals surface area (Å²) >= 11 is 0. The zero-order valence-corrected chi connectivity index (χ0v) is 17.8. The van der Waals surface area contributed by atoms with Crippen LogP contribution in [0.25, 0.3) is 0 Å². The van der Waals surface area contributed by atoms with Crippen LogP contribution in [0.3, 0.4) is 0 Å². The van der Waals surface area contributed by atoms with Gasteiger partial charge in [-0.25, -0.2) is 8.42 Å². The molecule has 0 bridgehead atoms. The number of amides is 1. The summed E-state index contributed by atoms with van der Waals surface area (Å²) in [5.74, 6) is 0.333. The Kier molecular flexibility index (Phi) is 6.01. The summed E-state index contributed by atoms with van der Waals surface area (Å²) in [7, 11) is -3.48. The van der Waals surface area contributed by atoms with Gasteiger partial charge in [0.15, 0.2) is 0 Å². The van der Waals surface area contributed by atoms with Gasteiger partial charge in [-0.2, -0.15) is 9.40 Å². The molecular weight excluding hydrogens is 404 g/mol. The van der Waals surface area contributed by atoms with Crippen LogP contribution in [0.2, 0.25) is 0 Å². The van der Waals surface area contributed by atoms with Crippen LogP contribution in [0.5, 0.6) is 5.88 Å². The third-order valence-corrected chi connectivity index (χ3v) is 7.44. The Morgan fingerprint density at radius 3 is 2.40 bits per heavy atom. The van der Waals surface area contributed by atoms with Gasteiger partial charge in [0.1, 0.15) is 6.10 Å². The highest BCUT2D eigenvalue weighted by molar-refractivity contribution is 7.89. The predicted molar refractivity (Wildman–Crippen MR) is 111 cm³/mol. The molecule has 0 N–H and O–H groups in total. The van der Waals surface area contributed by atoms with Gasteiger partial charge in [0.2, 0.25) is 15.9 Å². The van der Waals surface area contributed by atoms with Gasteiger partial charge in [-0.05, 0) is 62.9 Å². The molecule has 0 saturated carbocycles. The van der Waals surface area contributed by atoms with Crippen LogP contribution in [-0.4, -0.2) is 66.0 Å². The number of piperidine rings is 1. The predicted octanol–water partition coefficient (Wildman–Crippen LogP) is 2.25. The molecule has 3 heterocycles. The highest BCUT2D eigenvalue weighted by Gasteiger charge is 2.29. The Hall–Kier alpha value is -2.52. The smallest absolute Gasteiger partial charge is 0.253 e. The third-order valence-electron chi connectivity index (χ3n) is 5.53. The summed E-state index contributed by atoms with van der Waals surface area (Å²) in [5.41, 5.74) is 1.30. The number of sulfonamides is 1. The fourth-order valence-corrected chi connectivity index (χ4v) is 5.39. The Morgan fingerprint density at radius 1 is 1.00 bits per heavy atom. The molecule has 2 aromatic rings. The van der Waals surface area contributed by atoms with Crippen molar-refractivity contribution in [2.45, 2.75) is 43.6 Å². The minimum atomic E-state index is -3.48. The van der Waals surface area contributed by atoms with E-state index in [0.717, 1.165) is 31.4 Å². The van der Waals surface area contributed by atoms with E-state index in [1.165, 1.54) is 16.4 Å². The van der Waals surface area contributed by atoms with Crippen molar-refractivity contribution in [3.05, 3.63) is 47.7 Å². The van der Waals surface area contributed by atoms with Gasteiger partial charge < -0.3 is 9.64 Å². The number of carbonyl (C=O) groups is 1. The second kappa shape index (κ2) is 8.69. The highest BCUT2D eigenvalue weighted by atomic mass is 32.2. The fourth-order valence-electron chi connectivity index (χ4n) is 3.87. The number of carbonyl (C=O) groups excluding carboxylic acids is 1. The molecule has 1 aromatic heterocycles. The van der Waals surface area contributed by atoms with E-state index in [0.29, 0.717) is 37.6 Å². The summed E-state index contributed by atoms with van der Waals surface area (Å²) in [6, 6.07) is 9.87. The number of hydrogen-bond acceptors (Lipinski definition) is 6. The molecule has 4 rings (SSSR count). The van der Waals surface area contributed by atoms with Crippen LogP contribution in [0.15, 0.2) is 41.3 Å². The number of nitrogens with zero attached hydrogens (tertiary/aromatic N) is 4. The number of hydrogen-bond donors (Lipinski definition) is 0. The number of ether oxygens (including phenoxy) is 1. The molecule has 2 aliphatic rings. The molecule has 0 radical (unpaired) electrons. The normalized spacial score (nSPS) is 20.3. The summed E-state index contributed by atoms with van der Waals surface area (Å²) < 4.78 is 32.7. The van der Waals surface area contributed by atoms with Crippen LogP contribution in [0.1, 0.15) is 41.7 Å². The molecule has 2 aliphatic heterocycles. The van der Waals surface area contributed by atoms with Crippen molar-refractivity contribution in [2.24, 2.45) is 0 Å². The van der Waals surface area contributed by atoms with Crippen molar-refractivity contribution in [3.8, 4) is 5.88 Å². The third kappa shape index (κ3) is 4.46. The number of benzene rings is 1. The minimum Gasteiger partial charge on any atom is -0.471 e. The van der Waals surface area contributed by atoms with Crippen LogP contribution in [0.4, 0.5) is 0 Å². The van der Waals surface area contributed by atoms with Crippen molar-refractivity contribution in [2.75, 3.05) is 26.2 Å². The molecule has 30 heavy (non-hydrogen) atoms. The Morgan fingerprint density at radius 2 is 1.73 bits per heavy atom. The molecule has 1 atom stereocenters. The number of aromatic nitrogens is 2. The number of rotatable bonds is 5. The molecule has 1 aromatic carbocycles. The Labute approximate surface area is 176 Å². The highest BCUT2D eigenvalue weighted by Crippen LogP contribution is 2.23. The van der Waals surface area contributed by atoms with E-state index in [1.54, 1.807) is 23.1 Å². The molecule has 0 spiro atoms. The van der Waals surface area contributed by atoms with E-state index in [4.69, 9.17) is 4.74 Å². The lowest BCUT2D eigenvalue weighted by Gasteiger charge is -2.32. The van der Waals surface area contributed by atoms with Gasteiger partial charge in [0.05, 0.1) is 17.1 Å². The van der Waals surface area contributed by atoms with Crippen molar-refractivity contribution < 1.29 is 17.9 Å². The zero-order chi connectivity index (χ0) is 21.1.